The molecule has 0 amide bonds. The Morgan fingerprint density at radius 1 is 1.19 bits per heavy atom. The zero-order valence-electron chi connectivity index (χ0n) is 15.6. The first-order chi connectivity index (χ1) is 12.8. The average molecular weight is 378 g/mol. The predicted molar refractivity (Wildman–Crippen MR) is 108 cm³/mol. The molecular weight excluding hydrogens is 346 g/mol. The lowest BCUT2D eigenvalue weighted by Crippen LogP contribution is -2.44. The van der Waals surface area contributed by atoms with E-state index >= 15 is 0 Å². The van der Waals surface area contributed by atoms with E-state index in [1.807, 2.05) is 0 Å². The summed E-state index contributed by atoms with van der Waals surface area (Å²) >= 11 is 5.70. The summed E-state index contributed by atoms with van der Waals surface area (Å²) in [6, 6.07) is 10.6. The number of hydrogen-bond donors (Lipinski definition) is 1. The first-order valence-corrected chi connectivity index (χ1v) is 10.2. The predicted octanol–water partition coefficient (Wildman–Crippen LogP) is 2.26. The minimum Gasteiger partial charge on any atom is -0.379 e. The number of rotatable bonds is 8. The van der Waals surface area contributed by atoms with Gasteiger partial charge in [0.15, 0.2) is 5.11 Å². The van der Waals surface area contributed by atoms with Crippen molar-refractivity contribution in [3.8, 4) is 0 Å². The molecule has 5 nitrogen and oxygen atoms in total. The molecule has 6 heteroatoms. The van der Waals surface area contributed by atoms with E-state index in [2.05, 4.69) is 45.4 Å². The van der Waals surface area contributed by atoms with Crippen molar-refractivity contribution >= 4 is 17.3 Å². The molecule has 2 fully saturated rings. The molecule has 26 heavy (non-hydrogen) atoms. The number of morpholine rings is 1. The Labute approximate surface area is 162 Å². The van der Waals surface area contributed by atoms with E-state index < -0.39 is 0 Å². The van der Waals surface area contributed by atoms with Gasteiger partial charge in [0.2, 0.25) is 0 Å². The van der Waals surface area contributed by atoms with Gasteiger partial charge in [0.25, 0.3) is 0 Å². The van der Waals surface area contributed by atoms with Gasteiger partial charge in [-0.15, -0.1) is 0 Å². The van der Waals surface area contributed by atoms with Crippen LogP contribution in [0.3, 0.4) is 0 Å². The monoisotopic (exact) mass is 377 g/mol. The van der Waals surface area contributed by atoms with Crippen LogP contribution in [0, 0.1) is 0 Å². The molecule has 144 valence electrons. The highest BCUT2D eigenvalue weighted by atomic mass is 32.1. The fraction of sp³-hybridized carbons (Fsp3) is 0.650. The Balaban J connectivity index is 1.49. The van der Waals surface area contributed by atoms with Gasteiger partial charge in [-0.1, -0.05) is 30.3 Å². The van der Waals surface area contributed by atoms with Gasteiger partial charge in [-0.25, -0.2) is 0 Å². The molecule has 0 spiro atoms. The van der Waals surface area contributed by atoms with E-state index in [9.17, 15) is 0 Å². The van der Waals surface area contributed by atoms with Gasteiger partial charge in [-0.2, -0.15) is 0 Å². The molecular formula is C20H31N3O2S. The van der Waals surface area contributed by atoms with E-state index in [0.29, 0.717) is 6.10 Å². The molecule has 3 rings (SSSR count). The lowest BCUT2D eigenvalue weighted by Gasteiger charge is -2.30. The third kappa shape index (κ3) is 6.50. The summed E-state index contributed by atoms with van der Waals surface area (Å²) in [5.74, 6) is 0. The number of nitrogens with zero attached hydrogens (tertiary/aromatic N) is 2. The lowest BCUT2D eigenvalue weighted by atomic mass is 10.2. The molecule has 2 aliphatic rings. The number of nitrogens with one attached hydrogen (secondary N) is 1. The quantitative estimate of drug-likeness (QED) is 0.701. The molecule has 1 unspecified atom stereocenters. The van der Waals surface area contributed by atoms with E-state index in [-0.39, 0.29) is 0 Å². The smallest absolute Gasteiger partial charge is 0.169 e. The van der Waals surface area contributed by atoms with Gasteiger partial charge in [0.05, 0.1) is 19.3 Å². The fourth-order valence-corrected chi connectivity index (χ4v) is 3.72. The number of hydrogen-bond acceptors (Lipinski definition) is 4. The highest BCUT2D eigenvalue weighted by Gasteiger charge is 2.18. The topological polar surface area (TPSA) is 37.0 Å². The molecule has 0 saturated carbocycles. The van der Waals surface area contributed by atoms with E-state index in [0.717, 1.165) is 83.5 Å². The summed E-state index contributed by atoms with van der Waals surface area (Å²) in [6.07, 6.45) is 3.70. The molecule has 0 radical (unpaired) electrons. The summed E-state index contributed by atoms with van der Waals surface area (Å²) in [5, 5.41) is 4.27. The van der Waals surface area contributed by atoms with Crippen LogP contribution < -0.4 is 5.32 Å². The first-order valence-electron chi connectivity index (χ1n) is 9.79. The number of ether oxygens (including phenoxy) is 2. The maximum absolute atomic E-state index is 5.70. The third-order valence-corrected chi connectivity index (χ3v) is 5.42. The van der Waals surface area contributed by atoms with Gasteiger partial charge < -0.3 is 19.7 Å². The van der Waals surface area contributed by atoms with Crippen LogP contribution in [0.15, 0.2) is 30.3 Å². The van der Waals surface area contributed by atoms with Crippen LogP contribution in [0.5, 0.6) is 0 Å². The highest BCUT2D eigenvalue weighted by molar-refractivity contribution is 7.80. The maximum Gasteiger partial charge on any atom is 0.169 e. The molecule has 2 aliphatic heterocycles. The van der Waals surface area contributed by atoms with Crippen molar-refractivity contribution in [1.82, 2.24) is 15.1 Å². The van der Waals surface area contributed by atoms with Crippen molar-refractivity contribution in [3.05, 3.63) is 35.9 Å². The van der Waals surface area contributed by atoms with Crippen LogP contribution in [0.2, 0.25) is 0 Å². The standard InChI is InChI=1S/C20H31N3O2S/c26-20(21-16-19-8-4-13-25-19)23(17-18-6-2-1-3-7-18)10-5-9-22-11-14-24-15-12-22/h1-3,6-7,19H,4-5,8-17H2,(H,21,26). The SMILES string of the molecule is S=C(NCC1CCCO1)N(CCCN1CCOCC1)Cc1ccccc1. The van der Waals surface area contributed by atoms with Crippen LogP contribution in [0.25, 0.3) is 0 Å². The van der Waals surface area contributed by atoms with Crippen molar-refractivity contribution in [3.63, 3.8) is 0 Å². The van der Waals surface area contributed by atoms with Crippen molar-refractivity contribution in [2.45, 2.75) is 31.9 Å². The van der Waals surface area contributed by atoms with Crippen LogP contribution in [-0.4, -0.2) is 73.6 Å². The second-order valence-electron chi connectivity index (χ2n) is 7.04. The van der Waals surface area contributed by atoms with Gasteiger partial charge >= 0.3 is 0 Å². The Kier molecular flexibility index (Phi) is 8.14. The molecule has 1 aromatic carbocycles. The van der Waals surface area contributed by atoms with Crippen molar-refractivity contribution < 1.29 is 9.47 Å². The van der Waals surface area contributed by atoms with Gasteiger partial charge in [0, 0.05) is 45.9 Å². The zero-order chi connectivity index (χ0) is 18.0. The number of benzene rings is 1. The Morgan fingerprint density at radius 2 is 2.00 bits per heavy atom. The third-order valence-electron chi connectivity index (χ3n) is 5.01. The van der Waals surface area contributed by atoms with E-state index in [1.165, 1.54) is 5.56 Å². The Bertz CT molecular complexity index is 531. The van der Waals surface area contributed by atoms with Crippen LogP contribution in [0.1, 0.15) is 24.8 Å². The summed E-state index contributed by atoms with van der Waals surface area (Å²) in [4.78, 5) is 4.77. The second-order valence-corrected chi connectivity index (χ2v) is 7.42. The summed E-state index contributed by atoms with van der Waals surface area (Å²) in [5.41, 5.74) is 1.29. The molecule has 0 aromatic heterocycles. The Morgan fingerprint density at radius 3 is 2.73 bits per heavy atom. The summed E-state index contributed by atoms with van der Waals surface area (Å²) < 4.78 is 11.1. The minimum absolute atomic E-state index is 0.305. The molecule has 1 atom stereocenters. The summed E-state index contributed by atoms with van der Waals surface area (Å²) in [6.45, 7) is 8.40. The fourth-order valence-electron chi connectivity index (χ4n) is 3.48. The van der Waals surface area contributed by atoms with Crippen molar-refractivity contribution in [1.29, 1.82) is 0 Å². The minimum atomic E-state index is 0.305. The van der Waals surface area contributed by atoms with Crippen LogP contribution >= 0.6 is 12.2 Å². The lowest BCUT2D eigenvalue weighted by molar-refractivity contribution is 0.0367. The van der Waals surface area contributed by atoms with Gasteiger partial charge in [-0.3, -0.25) is 4.90 Å². The van der Waals surface area contributed by atoms with Crippen molar-refractivity contribution in [2.75, 3.05) is 52.5 Å². The maximum atomic E-state index is 5.70. The van der Waals surface area contributed by atoms with Crippen molar-refractivity contribution in [2.24, 2.45) is 0 Å². The first kappa shape index (κ1) is 19.5. The summed E-state index contributed by atoms with van der Waals surface area (Å²) in [7, 11) is 0. The number of thiocarbonyl (C=S) groups is 1. The largest absolute Gasteiger partial charge is 0.379 e. The average Bonchev–Trinajstić information content (AvgIpc) is 3.21. The van der Waals surface area contributed by atoms with E-state index in [1.54, 1.807) is 0 Å². The van der Waals surface area contributed by atoms with Crippen LogP contribution in [0.4, 0.5) is 0 Å². The molecule has 2 heterocycles. The normalized spacial score (nSPS) is 20.8. The molecule has 0 aliphatic carbocycles. The molecule has 1 aromatic rings. The zero-order valence-corrected chi connectivity index (χ0v) is 16.4. The van der Waals surface area contributed by atoms with Gasteiger partial charge in [-0.05, 0) is 37.0 Å². The van der Waals surface area contributed by atoms with Crippen LogP contribution in [-0.2, 0) is 16.0 Å². The molecule has 1 N–H and O–H groups in total. The Hall–Kier alpha value is -1.21. The molecule has 0 bridgehead atoms. The van der Waals surface area contributed by atoms with E-state index in [4.69, 9.17) is 21.7 Å². The highest BCUT2D eigenvalue weighted by Crippen LogP contribution is 2.11. The van der Waals surface area contributed by atoms with Gasteiger partial charge in [0.1, 0.15) is 0 Å². The molecule has 2 saturated heterocycles. The second kappa shape index (κ2) is 10.8.